The van der Waals surface area contributed by atoms with Gasteiger partial charge in [0.25, 0.3) is 0 Å². The minimum absolute atomic E-state index is 0.0614. The molecule has 6 nitrogen and oxygen atoms in total. The third kappa shape index (κ3) is 8.24. The molecule has 0 heterocycles. The van der Waals surface area contributed by atoms with Gasteiger partial charge in [0.2, 0.25) is 0 Å². The Morgan fingerprint density at radius 1 is 1.29 bits per heavy atom. The smallest absolute Gasteiger partial charge is 0.407 e. The van der Waals surface area contributed by atoms with E-state index < -0.39 is 5.60 Å². The molecule has 0 aromatic rings. The summed E-state index contributed by atoms with van der Waals surface area (Å²) in [6.07, 6.45) is 3.07. The van der Waals surface area contributed by atoms with Crippen molar-refractivity contribution in [3.63, 3.8) is 0 Å². The summed E-state index contributed by atoms with van der Waals surface area (Å²) in [5.74, 6) is 0.440. The quantitative estimate of drug-likeness (QED) is 0.589. The van der Waals surface area contributed by atoms with Crippen LogP contribution in [0.5, 0.6) is 0 Å². The lowest BCUT2D eigenvalue weighted by atomic mass is 10.0. The van der Waals surface area contributed by atoms with Crippen molar-refractivity contribution in [1.29, 1.82) is 0 Å². The lowest BCUT2D eigenvalue weighted by Crippen LogP contribution is -2.41. The molecule has 1 saturated carbocycles. The molecule has 21 heavy (non-hydrogen) atoms. The molecule has 124 valence electrons. The molecule has 2 atom stereocenters. The summed E-state index contributed by atoms with van der Waals surface area (Å²) >= 11 is 0. The van der Waals surface area contributed by atoms with E-state index in [0.29, 0.717) is 31.7 Å². The van der Waals surface area contributed by atoms with E-state index in [9.17, 15) is 4.79 Å². The van der Waals surface area contributed by atoms with Gasteiger partial charge in [-0.2, -0.15) is 0 Å². The van der Waals surface area contributed by atoms with Gasteiger partial charge in [-0.05, 0) is 39.5 Å². The Kier molecular flexibility index (Phi) is 8.00. The highest BCUT2D eigenvalue weighted by atomic mass is 16.6. The molecule has 1 aliphatic rings. The minimum atomic E-state index is -0.457. The van der Waals surface area contributed by atoms with Crippen molar-refractivity contribution in [1.82, 2.24) is 10.6 Å². The number of aliphatic hydroxyl groups excluding tert-OH is 1. The number of carbonyl (C=O) groups excluding carboxylic acids is 1. The average molecular weight is 302 g/mol. The van der Waals surface area contributed by atoms with E-state index in [-0.39, 0.29) is 12.7 Å². The van der Waals surface area contributed by atoms with E-state index in [2.05, 4.69) is 10.6 Å². The van der Waals surface area contributed by atoms with Crippen LogP contribution < -0.4 is 10.6 Å². The van der Waals surface area contributed by atoms with Crippen molar-refractivity contribution in [3.05, 3.63) is 0 Å². The molecule has 0 radical (unpaired) electrons. The summed E-state index contributed by atoms with van der Waals surface area (Å²) in [5, 5.41) is 14.9. The Labute approximate surface area is 127 Å². The maximum Gasteiger partial charge on any atom is 0.407 e. The number of aliphatic hydroxyl groups is 1. The number of nitrogens with one attached hydrogen (secondary N) is 2. The lowest BCUT2D eigenvalue weighted by molar-refractivity contribution is 0.0516. The van der Waals surface area contributed by atoms with Gasteiger partial charge in [0, 0.05) is 19.1 Å². The van der Waals surface area contributed by atoms with Crippen LogP contribution in [0.3, 0.4) is 0 Å². The predicted molar refractivity (Wildman–Crippen MR) is 81.3 cm³/mol. The Balaban J connectivity index is 2.19. The fraction of sp³-hybridized carbons (Fsp3) is 0.933. The molecule has 3 N–H and O–H groups in total. The van der Waals surface area contributed by atoms with Gasteiger partial charge < -0.3 is 25.2 Å². The van der Waals surface area contributed by atoms with Gasteiger partial charge in [-0.3, -0.25) is 0 Å². The second-order valence-corrected chi connectivity index (χ2v) is 6.47. The standard InChI is InChI=1S/C15H30N2O4/c1-15(2,3)21-14(19)17-11-12-5-4-6-13(12)16-7-9-20-10-8-18/h12-13,16,18H,4-11H2,1-3H3,(H,17,19). The van der Waals surface area contributed by atoms with Crippen molar-refractivity contribution >= 4 is 6.09 Å². The second kappa shape index (κ2) is 9.23. The van der Waals surface area contributed by atoms with E-state index in [1.165, 1.54) is 6.42 Å². The normalized spacial score (nSPS) is 22.3. The fourth-order valence-corrected chi connectivity index (χ4v) is 2.56. The van der Waals surface area contributed by atoms with Gasteiger partial charge in [0.05, 0.1) is 19.8 Å². The van der Waals surface area contributed by atoms with Gasteiger partial charge in [-0.15, -0.1) is 0 Å². The zero-order valence-corrected chi connectivity index (χ0v) is 13.5. The summed E-state index contributed by atoms with van der Waals surface area (Å²) in [5.41, 5.74) is -0.457. The summed E-state index contributed by atoms with van der Waals surface area (Å²) in [4.78, 5) is 11.7. The van der Waals surface area contributed by atoms with Crippen LogP contribution in [-0.4, -0.2) is 55.8 Å². The molecule has 1 aliphatic carbocycles. The monoisotopic (exact) mass is 302 g/mol. The fourth-order valence-electron chi connectivity index (χ4n) is 2.56. The Morgan fingerprint density at radius 3 is 2.71 bits per heavy atom. The Morgan fingerprint density at radius 2 is 2.05 bits per heavy atom. The molecule has 0 saturated heterocycles. The molecule has 0 spiro atoms. The number of hydrogen-bond donors (Lipinski definition) is 3. The molecule has 0 aromatic carbocycles. The van der Waals surface area contributed by atoms with Crippen LogP contribution in [0, 0.1) is 5.92 Å². The van der Waals surface area contributed by atoms with Crippen LogP contribution in [0.1, 0.15) is 40.0 Å². The first-order chi connectivity index (χ1) is 9.92. The number of amides is 1. The largest absolute Gasteiger partial charge is 0.444 e. The molecule has 0 aromatic heterocycles. The van der Waals surface area contributed by atoms with Crippen LogP contribution in [0.2, 0.25) is 0 Å². The molecular weight excluding hydrogens is 272 g/mol. The number of ether oxygens (including phenoxy) is 2. The van der Waals surface area contributed by atoms with Gasteiger partial charge in [-0.25, -0.2) is 4.79 Å². The molecule has 1 rings (SSSR count). The Hall–Kier alpha value is -0.850. The summed E-state index contributed by atoms with van der Waals surface area (Å²) in [6, 6.07) is 0.415. The van der Waals surface area contributed by atoms with E-state index in [1.54, 1.807) is 0 Å². The van der Waals surface area contributed by atoms with E-state index in [1.807, 2.05) is 20.8 Å². The lowest BCUT2D eigenvalue weighted by Gasteiger charge is -2.23. The minimum Gasteiger partial charge on any atom is -0.444 e. The summed E-state index contributed by atoms with van der Waals surface area (Å²) < 4.78 is 10.5. The molecule has 6 heteroatoms. The Bertz CT molecular complexity index is 305. The molecule has 1 amide bonds. The van der Waals surface area contributed by atoms with Gasteiger partial charge in [0.1, 0.15) is 5.60 Å². The van der Waals surface area contributed by atoms with Gasteiger partial charge in [-0.1, -0.05) is 6.42 Å². The second-order valence-electron chi connectivity index (χ2n) is 6.47. The molecule has 0 bridgehead atoms. The summed E-state index contributed by atoms with van der Waals surface area (Å²) in [6.45, 7) is 8.04. The maximum atomic E-state index is 11.7. The van der Waals surface area contributed by atoms with Crippen LogP contribution in [0.4, 0.5) is 4.79 Å². The van der Waals surface area contributed by atoms with Gasteiger partial charge in [0.15, 0.2) is 0 Å². The van der Waals surface area contributed by atoms with Crippen LogP contribution in [0.25, 0.3) is 0 Å². The van der Waals surface area contributed by atoms with E-state index in [4.69, 9.17) is 14.6 Å². The van der Waals surface area contributed by atoms with Crippen LogP contribution >= 0.6 is 0 Å². The molecule has 2 unspecified atom stereocenters. The first kappa shape index (κ1) is 18.2. The average Bonchev–Trinajstić information content (AvgIpc) is 2.81. The third-order valence-electron chi connectivity index (χ3n) is 3.46. The van der Waals surface area contributed by atoms with Crippen molar-refractivity contribution in [2.45, 2.75) is 51.7 Å². The van der Waals surface area contributed by atoms with Gasteiger partial charge >= 0.3 is 6.09 Å². The van der Waals surface area contributed by atoms with Crippen molar-refractivity contribution in [3.8, 4) is 0 Å². The highest BCUT2D eigenvalue weighted by molar-refractivity contribution is 5.67. The zero-order valence-electron chi connectivity index (χ0n) is 13.5. The highest BCUT2D eigenvalue weighted by Crippen LogP contribution is 2.25. The first-order valence-corrected chi connectivity index (χ1v) is 7.81. The topological polar surface area (TPSA) is 79.8 Å². The molecule has 0 aliphatic heterocycles. The van der Waals surface area contributed by atoms with Crippen molar-refractivity contribution in [2.75, 3.05) is 32.9 Å². The van der Waals surface area contributed by atoms with E-state index >= 15 is 0 Å². The number of alkyl carbamates (subject to hydrolysis) is 1. The number of carbonyl (C=O) groups is 1. The third-order valence-corrected chi connectivity index (χ3v) is 3.46. The zero-order chi connectivity index (χ0) is 15.7. The highest BCUT2D eigenvalue weighted by Gasteiger charge is 2.27. The number of hydrogen-bond acceptors (Lipinski definition) is 5. The predicted octanol–water partition coefficient (Wildman–Crippen LogP) is 1.28. The van der Waals surface area contributed by atoms with Crippen LogP contribution in [0.15, 0.2) is 0 Å². The first-order valence-electron chi connectivity index (χ1n) is 7.81. The van der Waals surface area contributed by atoms with Crippen molar-refractivity contribution < 1.29 is 19.4 Å². The maximum absolute atomic E-state index is 11.7. The summed E-state index contributed by atoms with van der Waals surface area (Å²) in [7, 11) is 0. The van der Waals surface area contributed by atoms with Crippen LogP contribution in [-0.2, 0) is 9.47 Å². The van der Waals surface area contributed by atoms with E-state index in [0.717, 1.165) is 19.4 Å². The molecule has 1 fully saturated rings. The number of rotatable bonds is 8. The SMILES string of the molecule is CC(C)(C)OC(=O)NCC1CCCC1NCCOCCO. The molecular formula is C15H30N2O4. The van der Waals surface area contributed by atoms with Crippen molar-refractivity contribution in [2.24, 2.45) is 5.92 Å².